The number of Topliss-reactive ketones (excluding diaryl/α,β-unsaturated/α-hetero) is 1. The minimum absolute atomic E-state index is 0.0421. The van der Waals surface area contributed by atoms with Gasteiger partial charge in [0.05, 0.1) is 0 Å². The van der Waals surface area contributed by atoms with Gasteiger partial charge in [-0.1, -0.05) is 75.4 Å². The van der Waals surface area contributed by atoms with Crippen LogP contribution in [0.25, 0.3) is 0 Å². The Morgan fingerprint density at radius 3 is 2.14 bits per heavy atom. The van der Waals surface area contributed by atoms with Crippen molar-refractivity contribution in [1.82, 2.24) is 0 Å². The molecule has 29 heavy (non-hydrogen) atoms. The lowest BCUT2D eigenvalue weighted by molar-refractivity contribution is -0.118. The zero-order valence-corrected chi connectivity index (χ0v) is 18.0. The molecule has 0 saturated carbocycles. The normalized spacial score (nSPS) is 22.8. The molecule has 1 aromatic carbocycles. The van der Waals surface area contributed by atoms with Crippen LogP contribution in [0.2, 0.25) is 0 Å². The summed E-state index contributed by atoms with van der Waals surface area (Å²) in [5.74, 6) is 0.527. The number of benzene rings is 1. The predicted molar refractivity (Wildman–Crippen MR) is 122 cm³/mol. The summed E-state index contributed by atoms with van der Waals surface area (Å²) in [6, 6.07) is 4.81. The summed E-state index contributed by atoms with van der Waals surface area (Å²) in [5.41, 5.74) is 9.53. The van der Waals surface area contributed by atoms with Gasteiger partial charge in [-0.25, -0.2) is 0 Å². The molecule has 2 unspecified atom stereocenters. The number of hydrogen-bond acceptors (Lipinski definition) is 1. The molecule has 150 valence electrons. The number of carbonyl (C=O) groups is 1. The van der Waals surface area contributed by atoms with Crippen molar-refractivity contribution in [1.29, 1.82) is 0 Å². The van der Waals surface area contributed by atoms with Gasteiger partial charge in [0.1, 0.15) is 0 Å². The van der Waals surface area contributed by atoms with E-state index in [1.54, 1.807) is 0 Å². The number of aryl methyl sites for hydroxylation is 2. The molecule has 1 aromatic rings. The van der Waals surface area contributed by atoms with Crippen LogP contribution in [-0.4, -0.2) is 5.78 Å². The Balaban J connectivity index is 1.73. The number of rotatable bonds is 7. The Hall–Kier alpha value is -2.41. The van der Waals surface area contributed by atoms with Gasteiger partial charge in [-0.2, -0.15) is 0 Å². The van der Waals surface area contributed by atoms with Crippen LogP contribution >= 0.6 is 0 Å². The van der Waals surface area contributed by atoms with Gasteiger partial charge in [-0.3, -0.25) is 4.79 Å². The Bertz CT molecular complexity index is 939. The molecule has 0 fully saturated rings. The van der Waals surface area contributed by atoms with Crippen LogP contribution in [0, 0.1) is 5.92 Å². The van der Waals surface area contributed by atoms with Crippen molar-refractivity contribution < 1.29 is 4.79 Å². The first kappa shape index (κ1) is 19.9. The van der Waals surface area contributed by atoms with E-state index < -0.39 is 0 Å². The van der Waals surface area contributed by atoms with E-state index in [0.29, 0.717) is 5.78 Å². The third-order valence-corrected chi connectivity index (χ3v) is 6.83. The molecule has 0 amide bonds. The van der Waals surface area contributed by atoms with Gasteiger partial charge >= 0.3 is 0 Å². The van der Waals surface area contributed by atoms with Gasteiger partial charge in [0.15, 0.2) is 5.78 Å². The Morgan fingerprint density at radius 2 is 1.59 bits per heavy atom. The molecular formula is C28H32O. The third kappa shape index (κ3) is 3.75. The largest absolute Gasteiger partial charge is 0.294 e. The van der Waals surface area contributed by atoms with Crippen LogP contribution in [0.5, 0.6) is 0 Å². The van der Waals surface area contributed by atoms with Crippen LogP contribution in [0.4, 0.5) is 0 Å². The first-order valence-corrected chi connectivity index (χ1v) is 11.3. The van der Waals surface area contributed by atoms with Crippen molar-refractivity contribution in [3.05, 3.63) is 93.6 Å². The number of allylic oxidation sites excluding steroid dienone is 10. The molecule has 0 spiro atoms. The maximum Gasteiger partial charge on any atom is 0.166 e. The molecule has 0 radical (unpaired) electrons. The highest BCUT2D eigenvalue weighted by atomic mass is 16.1. The Morgan fingerprint density at radius 1 is 0.897 bits per heavy atom. The van der Waals surface area contributed by atoms with E-state index in [0.717, 1.165) is 44.1 Å². The lowest BCUT2D eigenvalue weighted by atomic mass is 9.80. The average Bonchev–Trinajstić information content (AvgIpc) is 3.52. The molecule has 1 heteroatoms. The summed E-state index contributed by atoms with van der Waals surface area (Å²) in [4.78, 5) is 13.4. The molecule has 0 N–H and O–H groups in total. The van der Waals surface area contributed by atoms with Crippen molar-refractivity contribution in [3.63, 3.8) is 0 Å². The van der Waals surface area contributed by atoms with Crippen LogP contribution in [0.3, 0.4) is 0 Å². The molecule has 0 saturated heterocycles. The molecule has 0 aliphatic heterocycles. The molecule has 1 nitrogen and oxygen atoms in total. The topological polar surface area (TPSA) is 17.1 Å². The predicted octanol–water partition coefficient (Wildman–Crippen LogP) is 6.75. The van der Waals surface area contributed by atoms with E-state index in [-0.39, 0.29) is 11.8 Å². The molecule has 3 aliphatic rings. The smallest absolute Gasteiger partial charge is 0.166 e. The van der Waals surface area contributed by atoms with Crippen LogP contribution < -0.4 is 0 Å². The van der Waals surface area contributed by atoms with Gasteiger partial charge in [0, 0.05) is 11.8 Å². The molecule has 0 bridgehead atoms. The highest BCUT2D eigenvalue weighted by molar-refractivity contribution is 6.00. The first-order chi connectivity index (χ1) is 14.2. The molecule has 0 aromatic heterocycles. The fraction of sp³-hybridized carbons (Fsp3) is 0.393. The monoisotopic (exact) mass is 384 g/mol. The minimum atomic E-state index is -0.0421. The van der Waals surface area contributed by atoms with E-state index in [4.69, 9.17) is 0 Å². The summed E-state index contributed by atoms with van der Waals surface area (Å²) < 4.78 is 0. The minimum Gasteiger partial charge on any atom is -0.294 e. The second-order valence-corrected chi connectivity index (χ2v) is 8.42. The third-order valence-electron chi connectivity index (χ3n) is 6.83. The standard InChI is InChI=1S/C28H32O/c1-4-19-15-24(16-20(5-2)25(19)6-3)26-17-23(21-11-7-8-12-21)18-27(26)28(29)22-13-9-10-14-22/h7-11,13,15-16,18,26-27H,4-6,12,14,17H2,1-3H3. The lowest BCUT2D eigenvalue weighted by Gasteiger charge is -2.23. The fourth-order valence-corrected chi connectivity index (χ4v) is 5.24. The van der Waals surface area contributed by atoms with Crippen molar-refractivity contribution in [2.45, 2.75) is 65.2 Å². The highest BCUT2D eigenvalue weighted by Crippen LogP contribution is 2.45. The Kier molecular flexibility index (Phi) is 5.85. The van der Waals surface area contributed by atoms with Gasteiger partial charge in [0.25, 0.3) is 0 Å². The summed E-state index contributed by atoms with van der Waals surface area (Å²) in [5, 5.41) is 0. The molecule has 4 rings (SSSR count). The second-order valence-electron chi connectivity index (χ2n) is 8.42. The van der Waals surface area contributed by atoms with E-state index in [1.807, 2.05) is 12.2 Å². The zero-order chi connectivity index (χ0) is 20.4. The van der Waals surface area contributed by atoms with Crippen molar-refractivity contribution >= 4 is 5.78 Å². The molecule has 2 atom stereocenters. The van der Waals surface area contributed by atoms with Crippen LogP contribution in [0.15, 0.2) is 71.4 Å². The van der Waals surface area contributed by atoms with Gasteiger partial charge in [-0.05, 0) is 77.5 Å². The van der Waals surface area contributed by atoms with E-state index in [2.05, 4.69) is 63.3 Å². The summed E-state index contributed by atoms with van der Waals surface area (Å²) in [6.45, 7) is 6.76. The van der Waals surface area contributed by atoms with Gasteiger partial charge < -0.3 is 0 Å². The van der Waals surface area contributed by atoms with Crippen molar-refractivity contribution in [2.24, 2.45) is 5.92 Å². The second kappa shape index (κ2) is 8.53. The summed E-state index contributed by atoms with van der Waals surface area (Å²) in [7, 11) is 0. The van der Waals surface area contributed by atoms with E-state index in [1.165, 1.54) is 33.4 Å². The van der Waals surface area contributed by atoms with Crippen molar-refractivity contribution in [2.75, 3.05) is 0 Å². The van der Waals surface area contributed by atoms with Crippen molar-refractivity contribution in [3.8, 4) is 0 Å². The number of hydrogen-bond donors (Lipinski definition) is 0. The SMILES string of the molecule is CCc1cc(C2CC(C3=CC=CC3)=CC2C(=O)C2=CC=CC2)cc(CC)c1CC. The highest BCUT2D eigenvalue weighted by Gasteiger charge is 2.36. The fourth-order valence-electron chi connectivity index (χ4n) is 5.24. The van der Waals surface area contributed by atoms with Crippen LogP contribution in [-0.2, 0) is 24.1 Å². The zero-order valence-electron chi connectivity index (χ0n) is 18.0. The maximum absolute atomic E-state index is 13.4. The van der Waals surface area contributed by atoms with E-state index >= 15 is 0 Å². The molecule has 3 aliphatic carbocycles. The summed E-state index contributed by atoms with van der Waals surface area (Å²) >= 11 is 0. The van der Waals surface area contributed by atoms with Gasteiger partial charge in [-0.15, -0.1) is 0 Å². The first-order valence-electron chi connectivity index (χ1n) is 11.3. The number of carbonyl (C=O) groups excluding carboxylic acids is 1. The lowest BCUT2D eigenvalue weighted by Crippen LogP contribution is -2.19. The van der Waals surface area contributed by atoms with E-state index in [9.17, 15) is 4.79 Å². The average molecular weight is 385 g/mol. The molecule has 0 heterocycles. The Labute approximate surface area is 175 Å². The number of ketones is 1. The molecular weight excluding hydrogens is 352 g/mol. The van der Waals surface area contributed by atoms with Crippen LogP contribution in [0.1, 0.15) is 68.2 Å². The van der Waals surface area contributed by atoms with Gasteiger partial charge in [0.2, 0.25) is 0 Å². The maximum atomic E-state index is 13.4. The summed E-state index contributed by atoms with van der Waals surface area (Å²) in [6.07, 6.45) is 20.9. The quantitative estimate of drug-likeness (QED) is 0.508.